The van der Waals surface area contributed by atoms with Crippen LogP contribution in [0.5, 0.6) is 0 Å². The van der Waals surface area contributed by atoms with Crippen LogP contribution in [0.15, 0.2) is 12.2 Å². The van der Waals surface area contributed by atoms with Gasteiger partial charge in [0.15, 0.2) is 6.10 Å². The molecule has 0 heterocycles. The van der Waals surface area contributed by atoms with E-state index in [2.05, 4.69) is 32.9 Å². The molecule has 1 unspecified atom stereocenters. The molecule has 0 saturated heterocycles. The molecule has 6 heteroatoms. The van der Waals surface area contributed by atoms with Gasteiger partial charge >= 0.3 is 17.9 Å². The van der Waals surface area contributed by atoms with Crippen LogP contribution in [0.25, 0.3) is 0 Å². The molecule has 0 aliphatic heterocycles. The van der Waals surface area contributed by atoms with Crippen molar-refractivity contribution in [2.75, 3.05) is 13.2 Å². The highest BCUT2D eigenvalue weighted by molar-refractivity contribution is 5.71. The number of ether oxygens (including phenoxy) is 3. The molecule has 67 heavy (non-hydrogen) atoms. The standard InChI is InChI=1S/C61H116O6/c1-4-7-10-13-16-19-22-25-28-31-34-36-39-42-45-48-51-54-60(63)66-57-58(67-61(64)55-52-49-46-43-40-37-33-30-27-24-21-18-15-12-9-6-3)56-65-59(62)53-50-47-44-41-38-35-32-29-26-23-20-17-14-11-8-5-2/h30,33,58H,4-29,31-32,34-57H2,1-3H3/b33-30-. The average molecular weight is 946 g/mol. The van der Waals surface area contributed by atoms with E-state index in [9.17, 15) is 14.4 Å². The van der Waals surface area contributed by atoms with Gasteiger partial charge in [0.05, 0.1) is 0 Å². The minimum Gasteiger partial charge on any atom is -0.462 e. The SMILES string of the molecule is CCCCCCCCC/C=C\CCCCCCCC(=O)OC(COC(=O)CCCCCCCCCCCCCCCCCC)COC(=O)CCCCCCCCCCCCCCCCCCC. The van der Waals surface area contributed by atoms with E-state index in [1.165, 1.54) is 238 Å². The Morgan fingerprint density at radius 2 is 0.493 bits per heavy atom. The molecule has 0 radical (unpaired) electrons. The summed E-state index contributed by atoms with van der Waals surface area (Å²) in [6.45, 7) is 6.70. The first-order valence-electron chi connectivity index (χ1n) is 30.2. The second-order valence-electron chi connectivity index (χ2n) is 20.6. The molecule has 0 N–H and O–H groups in total. The summed E-state index contributed by atoms with van der Waals surface area (Å²) >= 11 is 0. The Bertz CT molecular complexity index is 1040. The maximum Gasteiger partial charge on any atom is 0.306 e. The van der Waals surface area contributed by atoms with E-state index in [0.29, 0.717) is 19.3 Å². The Hall–Kier alpha value is -1.85. The van der Waals surface area contributed by atoms with Crippen molar-refractivity contribution in [3.8, 4) is 0 Å². The first-order chi connectivity index (χ1) is 33.0. The Balaban J connectivity index is 4.32. The molecule has 0 aliphatic carbocycles. The molecule has 0 spiro atoms. The molecule has 0 rings (SSSR count). The second-order valence-corrected chi connectivity index (χ2v) is 20.6. The van der Waals surface area contributed by atoms with Gasteiger partial charge in [-0.25, -0.2) is 0 Å². The summed E-state index contributed by atoms with van der Waals surface area (Å²) in [5, 5.41) is 0. The van der Waals surface area contributed by atoms with Crippen LogP contribution in [0.1, 0.15) is 342 Å². The number of hydrogen-bond acceptors (Lipinski definition) is 6. The minimum atomic E-state index is -0.769. The molecule has 0 fully saturated rings. The van der Waals surface area contributed by atoms with E-state index in [4.69, 9.17) is 14.2 Å². The van der Waals surface area contributed by atoms with Crippen molar-refractivity contribution in [3.63, 3.8) is 0 Å². The fourth-order valence-electron chi connectivity index (χ4n) is 9.21. The van der Waals surface area contributed by atoms with E-state index in [1.807, 2.05) is 0 Å². The van der Waals surface area contributed by atoms with Gasteiger partial charge in [-0.1, -0.05) is 290 Å². The summed E-state index contributed by atoms with van der Waals surface area (Å²) in [4.78, 5) is 38.2. The summed E-state index contributed by atoms with van der Waals surface area (Å²) in [6.07, 6.45) is 64.9. The maximum absolute atomic E-state index is 12.9. The molecule has 0 bridgehead atoms. The summed E-state index contributed by atoms with van der Waals surface area (Å²) in [6, 6.07) is 0. The minimum absolute atomic E-state index is 0.0671. The number of carbonyl (C=O) groups is 3. The molecule has 0 saturated carbocycles. The van der Waals surface area contributed by atoms with Gasteiger partial charge in [0.25, 0.3) is 0 Å². The van der Waals surface area contributed by atoms with Crippen molar-refractivity contribution < 1.29 is 28.6 Å². The lowest BCUT2D eigenvalue weighted by atomic mass is 10.0. The van der Waals surface area contributed by atoms with E-state index < -0.39 is 6.10 Å². The van der Waals surface area contributed by atoms with Crippen molar-refractivity contribution in [1.29, 1.82) is 0 Å². The zero-order chi connectivity index (χ0) is 48.6. The second kappa shape index (κ2) is 56.7. The highest BCUT2D eigenvalue weighted by Gasteiger charge is 2.19. The Labute approximate surface area is 418 Å². The average Bonchev–Trinajstić information content (AvgIpc) is 3.33. The van der Waals surface area contributed by atoms with E-state index in [1.54, 1.807) is 0 Å². The van der Waals surface area contributed by atoms with E-state index in [0.717, 1.165) is 64.2 Å². The van der Waals surface area contributed by atoms with Gasteiger partial charge in [-0.05, 0) is 44.9 Å². The van der Waals surface area contributed by atoms with Crippen LogP contribution in [0.3, 0.4) is 0 Å². The monoisotopic (exact) mass is 945 g/mol. The third kappa shape index (κ3) is 55.0. The highest BCUT2D eigenvalue weighted by atomic mass is 16.6. The first kappa shape index (κ1) is 65.1. The Morgan fingerprint density at radius 1 is 0.284 bits per heavy atom. The predicted octanol–water partition coefficient (Wildman–Crippen LogP) is 20.1. The van der Waals surface area contributed by atoms with Crippen LogP contribution in [-0.2, 0) is 28.6 Å². The fraction of sp³-hybridized carbons (Fsp3) is 0.918. The molecule has 0 amide bonds. The van der Waals surface area contributed by atoms with Crippen molar-refractivity contribution >= 4 is 17.9 Å². The Morgan fingerprint density at radius 3 is 0.746 bits per heavy atom. The Kier molecular flexibility index (Phi) is 55.2. The van der Waals surface area contributed by atoms with Crippen LogP contribution in [0.2, 0.25) is 0 Å². The lowest BCUT2D eigenvalue weighted by Crippen LogP contribution is -2.30. The van der Waals surface area contributed by atoms with E-state index in [-0.39, 0.29) is 31.1 Å². The quantitative estimate of drug-likeness (QED) is 0.0262. The molecule has 0 aromatic rings. The van der Waals surface area contributed by atoms with Crippen molar-refractivity contribution in [2.45, 2.75) is 348 Å². The maximum atomic E-state index is 12.9. The predicted molar refractivity (Wildman–Crippen MR) is 289 cm³/mol. The van der Waals surface area contributed by atoms with Gasteiger partial charge in [-0.3, -0.25) is 14.4 Å². The molecular weight excluding hydrogens is 829 g/mol. The molecule has 6 nitrogen and oxygen atoms in total. The number of unbranched alkanes of at least 4 members (excludes halogenated alkanes) is 43. The lowest BCUT2D eigenvalue weighted by molar-refractivity contribution is -0.167. The number of esters is 3. The highest BCUT2D eigenvalue weighted by Crippen LogP contribution is 2.17. The van der Waals surface area contributed by atoms with E-state index >= 15 is 0 Å². The summed E-state index contributed by atoms with van der Waals surface area (Å²) < 4.78 is 16.9. The fourth-order valence-corrected chi connectivity index (χ4v) is 9.21. The number of hydrogen-bond donors (Lipinski definition) is 0. The molecule has 1 atom stereocenters. The normalized spacial score (nSPS) is 12.0. The molecule has 0 aromatic carbocycles. The largest absolute Gasteiger partial charge is 0.462 e. The topological polar surface area (TPSA) is 78.9 Å². The zero-order valence-electron chi connectivity index (χ0n) is 45.5. The van der Waals surface area contributed by atoms with Crippen molar-refractivity contribution in [1.82, 2.24) is 0 Å². The lowest BCUT2D eigenvalue weighted by Gasteiger charge is -2.18. The van der Waals surface area contributed by atoms with Crippen LogP contribution in [0.4, 0.5) is 0 Å². The summed E-state index contributed by atoms with van der Waals surface area (Å²) in [5.74, 6) is -0.848. The van der Waals surface area contributed by atoms with Crippen molar-refractivity contribution in [3.05, 3.63) is 12.2 Å². The smallest absolute Gasteiger partial charge is 0.306 e. The van der Waals surface area contributed by atoms with Gasteiger partial charge in [-0.2, -0.15) is 0 Å². The van der Waals surface area contributed by atoms with Crippen molar-refractivity contribution in [2.24, 2.45) is 0 Å². The molecule has 396 valence electrons. The van der Waals surface area contributed by atoms with Gasteiger partial charge in [0.2, 0.25) is 0 Å². The number of allylic oxidation sites excluding steroid dienone is 2. The summed E-state index contributed by atoms with van der Waals surface area (Å²) in [7, 11) is 0. The van der Waals surface area contributed by atoms with Crippen LogP contribution in [0, 0.1) is 0 Å². The molecule has 0 aromatic heterocycles. The van der Waals surface area contributed by atoms with Crippen LogP contribution < -0.4 is 0 Å². The number of rotatable bonds is 56. The van der Waals surface area contributed by atoms with Gasteiger partial charge in [0.1, 0.15) is 13.2 Å². The molecule has 0 aliphatic rings. The van der Waals surface area contributed by atoms with Gasteiger partial charge in [-0.15, -0.1) is 0 Å². The third-order valence-electron chi connectivity index (χ3n) is 13.8. The first-order valence-corrected chi connectivity index (χ1v) is 30.2. The molecular formula is C61H116O6. The third-order valence-corrected chi connectivity index (χ3v) is 13.8. The zero-order valence-corrected chi connectivity index (χ0v) is 45.5. The van der Waals surface area contributed by atoms with Gasteiger partial charge in [0, 0.05) is 19.3 Å². The number of carbonyl (C=O) groups excluding carboxylic acids is 3. The van der Waals surface area contributed by atoms with Gasteiger partial charge < -0.3 is 14.2 Å². The van der Waals surface area contributed by atoms with Crippen LogP contribution >= 0.6 is 0 Å². The summed E-state index contributed by atoms with van der Waals surface area (Å²) in [5.41, 5.74) is 0. The van der Waals surface area contributed by atoms with Crippen LogP contribution in [-0.4, -0.2) is 37.2 Å².